The van der Waals surface area contributed by atoms with Gasteiger partial charge in [0, 0.05) is 60.2 Å². The molecule has 0 radical (unpaired) electrons. The molecule has 6 rings (SSSR count). The molecule has 0 bridgehead atoms. The molecule has 0 saturated carbocycles. The molecule has 4 atom stereocenters. The van der Waals surface area contributed by atoms with Gasteiger partial charge in [0.2, 0.25) is 0 Å². The van der Waals surface area contributed by atoms with Crippen molar-refractivity contribution in [2.45, 2.75) is 145 Å². The van der Waals surface area contributed by atoms with E-state index in [0.717, 1.165) is 38.9 Å². The van der Waals surface area contributed by atoms with Crippen molar-refractivity contribution < 1.29 is 47.5 Å². The lowest BCUT2D eigenvalue weighted by atomic mass is 9.92. The Balaban J connectivity index is 1.23. The lowest BCUT2D eigenvalue weighted by molar-refractivity contribution is -0.156. The van der Waals surface area contributed by atoms with Crippen molar-refractivity contribution in [3.8, 4) is 46.3 Å². The quantitative estimate of drug-likeness (QED) is 0.0532. The number of carbonyl (C=O) groups is 2. The largest absolute Gasteiger partial charge is 0.488 e. The average molecular weight is 1130 g/mol. The molecule has 0 saturated heterocycles. The number of aromatic nitrogens is 2. The fraction of sp³-hybridized carbons (Fsp3) is 0.397. The second-order valence-electron chi connectivity index (χ2n) is 21.4. The minimum atomic E-state index is -0.810. The molecule has 0 aliphatic carbocycles. The van der Waals surface area contributed by atoms with Gasteiger partial charge >= 0.3 is 11.9 Å². The summed E-state index contributed by atoms with van der Waals surface area (Å²) in [6, 6.07) is 26.0. The van der Waals surface area contributed by atoms with Gasteiger partial charge in [-0.05, 0) is 145 Å². The molecular weight excluding hydrogens is 1060 g/mol. The maximum Gasteiger partial charge on any atom is 0.325 e. The van der Waals surface area contributed by atoms with Gasteiger partial charge in [-0.3, -0.25) is 24.9 Å². The summed E-state index contributed by atoms with van der Waals surface area (Å²) in [6.07, 6.45) is 6.08. The molecule has 80 heavy (non-hydrogen) atoms. The van der Waals surface area contributed by atoms with Gasteiger partial charge in [0.05, 0.1) is 64.7 Å². The number of ether oxygens (including phenoxy) is 8. The summed E-state index contributed by atoms with van der Waals surface area (Å²) in [5.74, 6) is 0.293. The van der Waals surface area contributed by atoms with Gasteiger partial charge in [0.1, 0.15) is 67.6 Å². The van der Waals surface area contributed by atoms with Gasteiger partial charge in [-0.25, -0.2) is 0 Å². The first-order chi connectivity index (χ1) is 38.0. The number of halogens is 2. The summed E-state index contributed by atoms with van der Waals surface area (Å²) in [6.45, 7) is 20.1. The molecule has 0 unspecified atom stereocenters. The monoisotopic (exact) mass is 1130 g/mol. The molecule has 6 aromatic rings. The van der Waals surface area contributed by atoms with Gasteiger partial charge in [-0.1, -0.05) is 59.6 Å². The Morgan fingerprint density at radius 2 is 1.04 bits per heavy atom. The van der Waals surface area contributed by atoms with Crippen LogP contribution in [0.1, 0.15) is 117 Å². The predicted molar refractivity (Wildman–Crippen MR) is 307 cm³/mol. The van der Waals surface area contributed by atoms with Gasteiger partial charge < -0.3 is 37.9 Å². The van der Waals surface area contributed by atoms with Crippen LogP contribution in [0.4, 0.5) is 0 Å². The molecule has 4 aromatic carbocycles. The standard InChI is InChI=1S/C63H71Cl2N5O10/c1-38-47(36-77-57-25-55(75-34-44-21-42(27-66)29-68-31-44)46(23-53(57)64)19-20-52(60(71)73-11)40(3)79-62(5,6)7)15-13-17-50(38)51-18-14-16-48(39(51)2)37-78-58-26-56(76-35-45-22-43(28-67)30-69-32-45)49(24-54(58)65)33-70-59(61(72)74-12)41(4)80-63(8,9)10/h13-18,21-26,29-32,40-41,52,59,70H,19-20,33-37H2,1-12H3/t40-,41-,52+,59+/m1/s1. The predicted octanol–water partition coefficient (Wildman–Crippen LogP) is 12.9. The van der Waals surface area contributed by atoms with E-state index >= 15 is 0 Å². The SMILES string of the molecule is COC(=O)[C@@H](CCc1cc(Cl)c(OCc2cccc(-c3cccc(COc4cc(OCc5cncc(C#N)c5)c(CN[C@H](C(=O)OC)[C@@H](C)OC(C)(C)C)cc4Cl)c3C)c2C)cc1OCc1cncc(C#N)c1)[C@@H](C)OC(C)(C)C. The first kappa shape index (κ1) is 62.0. The normalized spacial score (nSPS) is 13.0. The summed E-state index contributed by atoms with van der Waals surface area (Å²) in [4.78, 5) is 34.4. The summed E-state index contributed by atoms with van der Waals surface area (Å²) < 4.78 is 48.4. The highest BCUT2D eigenvalue weighted by Gasteiger charge is 2.32. The molecule has 0 aliphatic rings. The molecule has 15 nitrogen and oxygen atoms in total. The molecule has 2 aromatic heterocycles. The molecule has 1 N–H and O–H groups in total. The number of esters is 2. The third kappa shape index (κ3) is 17.4. The van der Waals surface area contributed by atoms with E-state index in [-0.39, 0.29) is 38.9 Å². The Bertz CT molecular complexity index is 3000. The topological polar surface area (TPSA) is 193 Å². The number of pyridine rings is 2. The number of aryl methyl sites for hydroxylation is 1. The first-order valence-electron chi connectivity index (χ1n) is 26.3. The second kappa shape index (κ2) is 28.3. The van der Waals surface area contributed by atoms with Crippen LogP contribution < -0.4 is 24.3 Å². The highest BCUT2D eigenvalue weighted by atomic mass is 35.5. The third-order valence-electron chi connectivity index (χ3n) is 13.1. The number of carbonyl (C=O) groups excluding carboxylic acids is 2. The van der Waals surface area contributed by atoms with E-state index < -0.39 is 41.3 Å². The van der Waals surface area contributed by atoms with E-state index in [1.807, 2.05) is 86.6 Å². The highest BCUT2D eigenvalue weighted by molar-refractivity contribution is 6.32. The van der Waals surface area contributed by atoms with E-state index in [0.29, 0.717) is 73.7 Å². The molecule has 0 amide bonds. The minimum absolute atomic E-state index is 0.0899. The third-order valence-corrected chi connectivity index (χ3v) is 13.7. The van der Waals surface area contributed by atoms with Crippen LogP contribution in [0.3, 0.4) is 0 Å². The minimum Gasteiger partial charge on any atom is -0.488 e. The van der Waals surface area contributed by atoms with Crippen molar-refractivity contribution >= 4 is 35.1 Å². The molecule has 0 spiro atoms. The van der Waals surface area contributed by atoms with E-state index in [9.17, 15) is 20.1 Å². The van der Waals surface area contributed by atoms with Crippen molar-refractivity contribution in [1.29, 1.82) is 10.5 Å². The molecule has 422 valence electrons. The molecule has 2 heterocycles. The van der Waals surface area contributed by atoms with E-state index in [1.165, 1.54) is 26.6 Å². The van der Waals surface area contributed by atoms with Crippen molar-refractivity contribution in [2.75, 3.05) is 14.2 Å². The summed E-state index contributed by atoms with van der Waals surface area (Å²) >= 11 is 14.0. The number of nitrogens with one attached hydrogen (secondary N) is 1. The Labute approximate surface area is 480 Å². The molecule has 0 fully saturated rings. The first-order valence-corrected chi connectivity index (χ1v) is 27.0. The molecule has 17 heteroatoms. The lowest BCUT2D eigenvalue weighted by Gasteiger charge is -2.30. The smallest absolute Gasteiger partial charge is 0.325 e. The summed E-state index contributed by atoms with van der Waals surface area (Å²) in [5.41, 5.74) is 8.44. The Morgan fingerprint density at radius 1 is 0.588 bits per heavy atom. The number of rotatable bonds is 25. The van der Waals surface area contributed by atoms with Crippen molar-refractivity contribution in [3.05, 3.63) is 163 Å². The number of hydrogen-bond donors (Lipinski definition) is 1. The number of hydrogen-bond acceptors (Lipinski definition) is 15. The van der Waals surface area contributed by atoms with Crippen LogP contribution in [0.25, 0.3) is 11.1 Å². The van der Waals surface area contributed by atoms with E-state index in [2.05, 4.69) is 46.5 Å². The molecular formula is C63H71Cl2N5O10. The number of nitriles is 2. The Kier molecular flexibility index (Phi) is 21.9. The van der Waals surface area contributed by atoms with Gasteiger partial charge in [0.25, 0.3) is 0 Å². The van der Waals surface area contributed by atoms with Crippen LogP contribution in [-0.4, -0.2) is 65.6 Å². The molecule has 0 aliphatic heterocycles. The van der Waals surface area contributed by atoms with Crippen molar-refractivity contribution in [3.63, 3.8) is 0 Å². The van der Waals surface area contributed by atoms with E-state index in [4.69, 9.17) is 61.1 Å². The zero-order chi connectivity index (χ0) is 58.3. The van der Waals surface area contributed by atoms with Crippen LogP contribution in [0.2, 0.25) is 10.0 Å². The van der Waals surface area contributed by atoms with Gasteiger partial charge in [-0.15, -0.1) is 0 Å². The van der Waals surface area contributed by atoms with Crippen LogP contribution >= 0.6 is 23.2 Å². The number of benzene rings is 4. The van der Waals surface area contributed by atoms with Crippen LogP contribution in [0.15, 0.2) is 97.6 Å². The van der Waals surface area contributed by atoms with Crippen molar-refractivity contribution in [1.82, 2.24) is 15.3 Å². The maximum atomic E-state index is 13.1. The highest BCUT2D eigenvalue weighted by Crippen LogP contribution is 2.39. The van der Waals surface area contributed by atoms with E-state index in [1.54, 1.807) is 48.8 Å². The van der Waals surface area contributed by atoms with Crippen LogP contribution in [-0.2, 0) is 67.9 Å². The maximum absolute atomic E-state index is 13.1. The van der Waals surface area contributed by atoms with Gasteiger partial charge in [0.15, 0.2) is 0 Å². The Hall–Kier alpha value is -7.24. The van der Waals surface area contributed by atoms with Gasteiger partial charge in [-0.2, -0.15) is 10.5 Å². The lowest BCUT2D eigenvalue weighted by Crippen LogP contribution is -2.48. The summed E-state index contributed by atoms with van der Waals surface area (Å²) in [7, 11) is 2.70. The number of nitrogens with zero attached hydrogens (tertiary/aromatic N) is 4. The number of methoxy groups -OCH3 is 2. The zero-order valence-electron chi connectivity index (χ0n) is 47.6. The van der Waals surface area contributed by atoms with Crippen LogP contribution in [0.5, 0.6) is 23.0 Å². The van der Waals surface area contributed by atoms with Crippen LogP contribution in [0, 0.1) is 42.4 Å². The second-order valence-corrected chi connectivity index (χ2v) is 22.2. The fourth-order valence-electron chi connectivity index (χ4n) is 9.19. The fourth-order valence-corrected chi connectivity index (χ4v) is 9.67. The zero-order valence-corrected chi connectivity index (χ0v) is 49.1. The Morgan fingerprint density at radius 3 is 1.50 bits per heavy atom. The summed E-state index contributed by atoms with van der Waals surface area (Å²) in [5, 5.41) is 23.0. The van der Waals surface area contributed by atoms with Crippen molar-refractivity contribution in [2.24, 2.45) is 5.92 Å². The average Bonchev–Trinajstić information content (AvgIpc) is 3.42.